The van der Waals surface area contributed by atoms with Crippen molar-refractivity contribution in [2.24, 2.45) is 0 Å². The summed E-state index contributed by atoms with van der Waals surface area (Å²) in [4.78, 5) is 7.33. The lowest BCUT2D eigenvalue weighted by molar-refractivity contribution is 0.594. The molecule has 3 heteroatoms. The smallest absolute Gasteiger partial charge is 0.137 e. The molecule has 0 aliphatic carbocycles. The van der Waals surface area contributed by atoms with Gasteiger partial charge in [-0.25, -0.2) is 4.98 Å². The van der Waals surface area contributed by atoms with Gasteiger partial charge in [0.15, 0.2) is 0 Å². The summed E-state index contributed by atoms with van der Waals surface area (Å²) in [6, 6.07) is 11.4. The van der Waals surface area contributed by atoms with Gasteiger partial charge >= 0.3 is 0 Å². The predicted octanol–water partition coefficient (Wildman–Crippen LogP) is 5.11. The van der Waals surface area contributed by atoms with Gasteiger partial charge in [0.2, 0.25) is 0 Å². The molecule has 0 fully saturated rings. The Morgan fingerprint density at radius 2 is 2.08 bits per heavy atom. The van der Waals surface area contributed by atoms with E-state index < -0.39 is 0 Å². The van der Waals surface area contributed by atoms with E-state index in [0.717, 1.165) is 17.8 Å². The van der Waals surface area contributed by atoms with Crippen molar-refractivity contribution in [2.45, 2.75) is 52.0 Å². The quantitative estimate of drug-likeness (QED) is 0.661. The van der Waals surface area contributed by atoms with E-state index in [0.29, 0.717) is 6.04 Å². The minimum atomic E-state index is 0.618. The first-order valence-electron chi connectivity index (χ1n) is 9.50. The molecule has 0 amide bonds. The average molecular weight is 333 g/mol. The number of fused-ring (bicyclic) bond motifs is 2. The first kappa shape index (κ1) is 16.2. The van der Waals surface area contributed by atoms with Gasteiger partial charge in [-0.15, -0.1) is 0 Å². The molecule has 1 aromatic carbocycles. The molecule has 3 heterocycles. The van der Waals surface area contributed by atoms with Crippen LogP contribution in [0.3, 0.4) is 0 Å². The third-order valence-corrected chi connectivity index (χ3v) is 5.68. The largest absolute Gasteiger partial charge is 0.372 e. The van der Waals surface area contributed by atoms with E-state index >= 15 is 0 Å². The van der Waals surface area contributed by atoms with Gasteiger partial charge in [0.05, 0.1) is 5.69 Å². The molecule has 2 aromatic heterocycles. The summed E-state index contributed by atoms with van der Waals surface area (Å²) in [5.74, 6) is 0. The number of imidazole rings is 1. The van der Waals surface area contributed by atoms with E-state index in [2.05, 4.69) is 66.9 Å². The monoisotopic (exact) mass is 333 g/mol. The van der Waals surface area contributed by atoms with Gasteiger partial charge in [-0.3, -0.25) is 0 Å². The molecule has 0 saturated carbocycles. The van der Waals surface area contributed by atoms with Crippen molar-refractivity contribution in [1.82, 2.24) is 9.38 Å². The first-order chi connectivity index (χ1) is 12.2. The van der Waals surface area contributed by atoms with Crippen LogP contribution in [0.2, 0.25) is 0 Å². The van der Waals surface area contributed by atoms with E-state index in [1.165, 1.54) is 42.5 Å². The van der Waals surface area contributed by atoms with Crippen molar-refractivity contribution in [3.8, 4) is 11.3 Å². The Morgan fingerprint density at radius 3 is 2.88 bits per heavy atom. The van der Waals surface area contributed by atoms with Crippen LogP contribution < -0.4 is 4.90 Å². The highest BCUT2D eigenvalue weighted by atomic mass is 15.1. The maximum absolute atomic E-state index is 4.88. The van der Waals surface area contributed by atoms with Crippen LogP contribution in [0.5, 0.6) is 0 Å². The molecule has 0 N–H and O–H groups in total. The minimum absolute atomic E-state index is 0.618. The lowest BCUT2D eigenvalue weighted by atomic mass is 9.87. The number of aromatic nitrogens is 2. The molecule has 3 nitrogen and oxygen atoms in total. The number of hydrogen-bond acceptors (Lipinski definition) is 2. The summed E-state index contributed by atoms with van der Waals surface area (Å²) < 4.78 is 2.12. The molecule has 1 atom stereocenters. The average Bonchev–Trinajstić information content (AvgIpc) is 3.06. The van der Waals surface area contributed by atoms with Crippen molar-refractivity contribution in [3.63, 3.8) is 0 Å². The molecule has 0 saturated heterocycles. The van der Waals surface area contributed by atoms with E-state index in [1.54, 1.807) is 5.56 Å². The van der Waals surface area contributed by atoms with Gasteiger partial charge < -0.3 is 9.30 Å². The van der Waals surface area contributed by atoms with Gasteiger partial charge in [0, 0.05) is 36.7 Å². The second kappa shape index (κ2) is 6.55. The summed E-state index contributed by atoms with van der Waals surface area (Å²) >= 11 is 0. The molecule has 130 valence electrons. The fourth-order valence-electron chi connectivity index (χ4n) is 4.02. The van der Waals surface area contributed by atoms with Crippen LogP contribution in [-0.2, 0) is 12.8 Å². The Kier molecular flexibility index (Phi) is 4.24. The lowest BCUT2D eigenvalue weighted by Crippen LogP contribution is -2.34. The van der Waals surface area contributed by atoms with E-state index in [-0.39, 0.29) is 0 Å². The second-order valence-corrected chi connectivity index (χ2v) is 7.28. The van der Waals surface area contributed by atoms with Crippen LogP contribution in [0, 0.1) is 0 Å². The molecule has 0 bridgehead atoms. The number of nitrogens with zero attached hydrogens (tertiary/aromatic N) is 3. The third kappa shape index (κ3) is 2.82. The van der Waals surface area contributed by atoms with Crippen molar-refractivity contribution in [1.29, 1.82) is 0 Å². The first-order valence-corrected chi connectivity index (χ1v) is 9.50. The molecular weight excluding hydrogens is 306 g/mol. The number of benzene rings is 1. The van der Waals surface area contributed by atoms with Crippen molar-refractivity contribution < 1.29 is 0 Å². The summed E-state index contributed by atoms with van der Waals surface area (Å²) in [6.07, 6.45) is 10.3. The molecule has 3 aromatic rings. The Morgan fingerprint density at radius 1 is 1.20 bits per heavy atom. The summed E-state index contributed by atoms with van der Waals surface area (Å²) in [6.45, 7) is 4.60. The highest BCUT2D eigenvalue weighted by Crippen LogP contribution is 2.38. The normalized spacial score (nSPS) is 17.1. The van der Waals surface area contributed by atoms with E-state index in [4.69, 9.17) is 4.98 Å². The Hall–Kier alpha value is -2.29. The van der Waals surface area contributed by atoms with Crippen LogP contribution in [0.1, 0.15) is 44.2 Å². The maximum atomic E-state index is 4.88. The maximum Gasteiger partial charge on any atom is 0.137 e. The summed E-state index contributed by atoms with van der Waals surface area (Å²) in [7, 11) is 2.23. The molecule has 0 radical (unpaired) electrons. The zero-order valence-electron chi connectivity index (χ0n) is 15.5. The Labute approximate surface area is 150 Å². The zero-order valence-corrected chi connectivity index (χ0v) is 15.5. The second-order valence-electron chi connectivity index (χ2n) is 7.28. The highest BCUT2D eigenvalue weighted by Gasteiger charge is 2.24. The highest BCUT2D eigenvalue weighted by molar-refractivity contribution is 5.74. The zero-order chi connectivity index (χ0) is 17.4. The van der Waals surface area contributed by atoms with E-state index in [9.17, 15) is 0 Å². The molecule has 1 aliphatic rings. The fourth-order valence-corrected chi connectivity index (χ4v) is 4.02. The van der Waals surface area contributed by atoms with Crippen molar-refractivity contribution >= 4 is 11.3 Å². The van der Waals surface area contributed by atoms with Gasteiger partial charge in [-0.1, -0.05) is 25.5 Å². The molecule has 0 spiro atoms. The van der Waals surface area contributed by atoms with E-state index in [1.807, 2.05) is 6.07 Å². The van der Waals surface area contributed by atoms with Crippen LogP contribution in [0.4, 0.5) is 5.69 Å². The third-order valence-electron chi connectivity index (χ3n) is 5.68. The van der Waals surface area contributed by atoms with Crippen molar-refractivity contribution in [3.05, 3.63) is 53.9 Å². The van der Waals surface area contributed by atoms with Crippen LogP contribution >= 0.6 is 0 Å². The Balaban J connectivity index is 1.86. The fraction of sp³-hybridized carbons (Fsp3) is 0.409. The minimum Gasteiger partial charge on any atom is -0.372 e. The van der Waals surface area contributed by atoms with Crippen LogP contribution in [0.15, 0.2) is 42.7 Å². The molecule has 1 unspecified atom stereocenters. The standard InChI is InChI=1S/C22H27N3/c1-4-5-8-17-18(20-15-25-14-7-6-9-22(25)23-20)12-13-21-19(17)11-10-16(2)24(21)3/h6-7,9,12-16H,4-5,8,10-11H2,1-3H3. The number of anilines is 1. The lowest BCUT2D eigenvalue weighted by Gasteiger charge is -2.35. The van der Waals surface area contributed by atoms with Crippen LogP contribution in [-0.4, -0.2) is 22.5 Å². The number of rotatable bonds is 4. The molecule has 4 rings (SSSR count). The molecular formula is C22H27N3. The van der Waals surface area contributed by atoms with Gasteiger partial charge in [-0.2, -0.15) is 0 Å². The molecule has 25 heavy (non-hydrogen) atoms. The van der Waals surface area contributed by atoms with Gasteiger partial charge in [-0.05, 0) is 61.9 Å². The van der Waals surface area contributed by atoms with Crippen molar-refractivity contribution in [2.75, 3.05) is 11.9 Å². The number of unbranched alkanes of at least 4 members (excludes halogenated alkanes) is 1. The summed E-state index contributed by atoms with van der Waals surface area (Å²) in [5, 5.41) is 0. The number of pyridine rings is 1. The van der Waals surface area contributed by atoms with Gasteiger partial charge in [0.25, 0.3) is 0 Å². The van der Waals surface area contributed by atoms with Crippen LogP contribution in [0.25, 0.3) is 16.9 Å². The predicted molar refractivity (Wildman–Crippen MR) is 105 cm³/mol. The topological polar surface area (TPSA) is 20.5 Å². The number of hydrogen-bond donors (Lipinski definition) is 0. The van der Waals surface area contributed by atoms with Gasteiger partial charge in [0.1, 0.15) is 5.65 Å². The Bertz CT molecular complexity index is 860. The summed E-state index contributed by atoms with van der Waals surface area (Å²) in [5.41, 5.74) is 7.91. The molecule has 1 aliphatic heterocycles. The SMILES string of the molecule is CCCCc1c(-c2cn3ccccc3n2)ccc2c1CCC(C)N2C.